The molecule has 1 aromatic heterocycles. The molecule has 100 valence electrons. The van der Waals surface area contributed by atoms with Crippen LogP contribution < -0.4 is 11.2 Å². The molecule has 2 rings (SSSR count). The summed E-state index contributed by atoms with van der Waals surface area (Å²) in [6.07, 6.45) is 2.57. The third-order valence-electron chi connectivity index (χ3n) is 3.37. The molecular weight excluding hydrogens is 263 g/mol. The van der Waals surface area contributed by atoms with Crippen molar-refractivity contribution in [1.29, 1.82) is 0 Å². The van der Waals surface area contributed by atoms with Crippen LogP contribution in [0.3, 0.4) is 0 Å². The summed E-state index contributed by atoms with van der Waals surface area (Å²) in [5.74, 6) is -1.11. The highest BCUT2D eigenvalue weighted by molar-refractivity contribution is 6.29. The maximum absolute atomic E-state index is 13.4. The van der Waals surface area contributed by atoms with Gasteiger partial charge < -0.3 is 4.74 Å². The Balaban J connectivity index is 2.28. The largest absolute Gasteiger partial charge is 0.385 e. The molecule has 1 N–H and O–H groups in total. The second kappa shape index (κ2) is 4.85. The Morgan fingerprint density at radius 1 is 1.50 bits per heavy atom. The molecule has 0 spiro atoms. The minimum Gasteiger partial charge on any atom is -0.385 e. The Morgan fingerprint density at radius 3 is 2.72 bits per heavy atom. The molecule has 1 fully saturated rings. The van der Waals surface area contributed by atoms with E-state index in [2.05, 4.69) is 4.98 Å². The Bertz CT molecular complexity index is 562. The van der Waals surface area contributed by atoms with Gasteiger partial charge in [0.2, 0.25) is 5.82 Å². The molecule has 0 unspecified atom stereocenters. The van der Waals surface area contributed by atoms with E-state index < -0.39 is 22.2 Å². The van der Waals surface area contributed by atoms with E-state index in [0.717, 1.165) is 23.8 Å². The summed E-state index contributed by atoms with van der Waals surface area (Å²) in [6.45, 7) is 0.765. The summed E-state index contributed by atoms with van der Waals surface area (Å²) >= 11 is 5.40. The normalized spacial score (nSPS) is 16.8. The van der Waals surface area contributed by atoms with Crippen molar-refractivity contribution in [3.63, 3.8) is 0 Å². The molecule has 0 atom stereocenters. The predicted octanol–water partition coefficient (Wildman–Crippen LogP) is 1.15. The van der Waals surface area contributed by atoms with Gasteiger partial charge in [0.05, 0.1) is 0 Å². The number of aromatic nitrogens is 2. The molecule has 0 amide bonds. The highest BCUT2D eigenvalue weighted by Gasteiger charge is 2.43. The molecule has 0 radical (unpaired) electrons. The number of nitrogens with zero attached hydrogens (tertiary/aromatic N) is 1. The number of nitrogens with one attached hydrogen (secondary N) is 1. The fourth-order valence-corrected chi connectivity index (χ4v) is 2.14. The summed E-state index contributed by atoms with van der Waals surface area (Å²) in [5, 5.41) is -0.539. The van der Waals surface area contributed by atoms with E-state index in [1.54, 1.807) is 7.11 Å². The zero-order chi connectivity index (χ0) is 13.3. The van der Waals surface area contributed by atoms with Crippen molar-refractivity contribution >= 4 is 11.6 Å². The summed E-state index contributed by atoms with van der Waals surface area (Å²) in [4.78, 5) is 25.4. The second-order valence-corrected chi connectivity index (χ2v) is 5.07. The first-order valence-corrected chi connectivity index (χ1v) is 6.04. The van der Waals surface area contributed by atoms with E-state index in [4.69, 9.17) is 16.3 Å². The van der Waals surface area contributed by atoms with Gasteiger partial charge >= 0.3 is 5.69 Å². The predicted molar refractivity (Wildman–Crippen MR) is 64.5 cm³/mol. The van der Waals surface area contributed by atoms with Crippen molar-refractivity contribution in [2.45, 2.75) is 25.8 Å². The first-order chi connectivity index (χ1) is 8.49. The van der Waals surface area contributed by atoms with Crippen LogP contribution in [0.1, 0.15) is 19.3 Å². The summed E-state index contributed by atoms with van der Waals surface area (Å²) < 4.78 is 19.2. The van der Waals surface area contributed by atoms with Crippen molar-refractivity contribution < 1.29 is 9.13 Å². The van der Waals surface area contributed by atoms with Crippen LogP contribution >= 0.6 is 11.6 Å². The molecule has 0 bridgehead atoms. The van der Waals surface area contributed by atoms with Gasteiger partial charge in [0.25, 0.3) is 5.56 Å². The average molecular weight is 277 g/mol. The lowest BCUT2D eigenvalue weighted by Crippen LogP contribution is -2.39. The van der Waals surface area contributed by atoms with Crippen LogP contribution in [0.2, 0.25) is 5.15 Å². The van der Waals surface area contributed by atoms with Crippen LogP contribution in [-0.4, -0.2) is 23.3 Å². The topological polar surface area (TPSA) is 64.1 Å². The fourth-order valence-electron chi connectivity index (χ4n) is 1.98. The summed E-state index contributed by atoms with van der Waals surface area (Å²) in [6, 6.07) is 0. The first kappa shape index (κ1) is 13.3. The maximum Gasteiger partial charge on any atom is 0.329 e. The molecule has 1 heterocycles. The van der Waals surface area contributed by atoms with Gasteiger partial charge in [0.1, 0.15) is 0 Å². The molecule has 1 saturated carbocycles. The van der Waals surface area contributed by atoms with Gasteiger partial charge in [0.15, 0.2) is 5.15 Å². The van der Waals surface area contributed by atoms with Crippen LogP contribution in [0.25, 0.3) is 0 Å². The molecule has 0 saturated heterocycles. The second-order valence-electron chi connectivity index (χ2n) is 4.69. The number of halogens is 2. The Labute approximate surface area is 108 Å². The van der Waals surface area contributed by atoms with E-state index in [9.17, 15) is 14.0 Å². The average Bonchev–Trinajstić information content (AvgIpc) is 3.10. The van der Waals surface area contributed by atoms with E-state index in [1.807, 2.05) is 0 Å². The van der Waals surface area contributed by atoms with Gasteiger partial charge in [-0.3, -0.25) is 14.3 Å². The molecule has 1 aromatic rings. The number of H-pyrrole nitrogens is 1. The maximum atomic E-state index is 13.4. The van der Waals surface area contributed by atoms with Crippen molar-refractivity contribution in [2.24, 2.45) is 5.41 Å². The molecule has 1 aliphatic carbocycles. The van der Waals surface area contributed by atoms with Gasteiger partial charge in [-0.2, -0.15) is 4.39 Å². The zero-order valence-corrected chi connectivity index (χ0v) is 10.7. The number of hydrogen-bond acceptors (Lipinski definition) is 3. The van der Waals surface area contributed by atoms with Crippen LogP contribution in [0, 0.1) is 11.2 Å². The lowest BCUT2D eigenvalue weighted by Gasteiger charge is -2.15. The molecule has 0 aliphatic heterocycles. The Hall–Kier alpha value is -1.14. The number of ether oxygens (including phenoxy) is 1. The molecule has 7 heteroatoms. The lowest BCUT2D eigenvalue weighted by molar-refractivity contribution is 0.165. The minimum absolute atomic E-state index is 0.118. The molecule has 0 aromatic carbocycles. The van der Waals surface area contributed by atoms with Gasteiger partial charge in [-0.1, -0.05) is 11.6 Å². The quantitative estimate of drug-likeness (QED) is 0.821. The van der Waals surface area contributed by atoms with Gasteiger partial charge in [-0.05, 0) is 24.7 Å². The van der Waals surface area contributed by atoms with Crippen molar-refractivity contribution in [3.05, 3.63) is 31.8 Å². The van der Waals surface area contributed by atoms with E-state index >= 15 is 0 Å². The number of methoxy groups -OCH3 is 1. The van der Waals surface area contributed by atoms with Crippen LogP contribution in [0.15, 0.2) is 9.59 Å². The van der Waals surface area contributed by atoms with Crippen molar-refractivity contribution in [2.75, 3.05) is 13.7 Å². The minimum atomic E-state index is -1.11. The van der Waals surface area contributed by atoms with E-state index in [1.165, 1.54) is 0 Å². The van der Waals surface area contributed by atoms with Gasteiger partial charge in [-0.25, -0.2) is 4.79 Å². The van der Waals surface area contributed by atoms with Gasteiger partial charge in [-0.15, -0.1) is 0 Å². The Morgan fingerprint density at radius 2 is 2.17 bits per heavy atom. The van der Waals surface area contributed by atoms with E-state index in [-0.39, 0.29) is 12.0 Å². The zero-order valence-electron chi connectivity index (χ0n) is 9.96. The van der Waals surface area contributed by atoms with Crippen molar-refractivity contribution in [1.82, 2.24) is 9.55 Å². The number of rotatable bonds is 5. The third kappa shape index (κ3) is 2.49. The van der Waals surface area contributed by atoms with Gasteiger partial charge in [0, 0.05) is 20.3 Å². The monoisotopic (exact) mass is 276 g/mol. The number of hydrogen-bond donors (Lipinski definition) is 1. The first-order valence-electron chi connectivity index (χ1n) is 5.66. The summed E-state index contributed by atoms with van der Waals surface area (Å²) in [7, 11) is 1.59. The fraction of sp³-hybridized carbons (Fsp3) is 0.636. The molecular formula is C11H14ClFN2O3. The molecule has 1 aliphatic rings. The lowest BCUT2D eigenvalue weighted by atomic mass is 10.0. The van der Waals surface area contributed by atoms with Crippen LogP contribution in [0.5, 0.6) is 0 Å². The highest BCUT2D eigenvalue weighted by Crippen LogP contribution is 2.49. The SMILES string of the molecule is COCCC1(Cn2c(=O)[nH]c(Cl)c(F)c2=O)CC1. The molecule has 18 heavy (non-hydrogen) atoms. The van der Waals surface area contributed by atoms with Crippen LogP contribution in [0.4, 0.5) is 4.39 Å². The Kier molecular flexibility index (Phi) is 3.59. The third-order valence-corrected chi connectivity index (χ3v) is 3.64. The highest BCUT2D eigenvalue weighted by atomic mass is 35.5. The number of aromatic amines is 1. The van der Waals surface area contributed by atoms with E-state index in [0.29, 0.717) is 6.61 Å². The smallest absolute Gasteiger partial charge is 0.329 e. The molecule has 5 nitrogen and oxygen atoms in total. The standard InChI is InChI=1S/C11H14ClFN2O3/c1-18-5-4-11(2-3-11)6-15-9(16)7(13)8(12)14-10(15)17/h2-6H2,1H3,(H,14,17). The van der Waals surface area contributed by atoms with Crippen LogP contribution in [-0.2, 0) is 11.3 Å². The summed E-state index contributed by atoms with van der Waals surface area (Å²) in [5.41, 5.74) is -1.75. The van der Waals surface area contributed by atoms with Crippen molar-refractivity contribution in [3.8, 4) is 0 Å².